The predicted molar refractivity (Wildman–Crippen MR) is 80.5 cm³/mol. The maximum atomic E-state index is 13.9. The van der Waals surface area contributed by atoms with Crippen molar-refractivity contribution in [2.45, 2.75) is 12.8 Å². The molecule has 1 aromatic carbocycles. The van der Waals surface area contributed by atoms with E-state index in [9.17, 15) is 9.18 Å². The van der Waals surface area contributed by atoms with Crippen molar-refractivity contribution in [1.29, 1.82) is 0 Å². The molecule has 21 heavy (non-hydrogen) atoms. The lowest BCUT2D eigenvalue weighted by molar-refractivity contribution is 0.0948. The number of aliphatic hydroxyl groups excluding tert-OH is 1. The van der Waals surface area contributed by atoms with Gasteiger partial charge in [0.25, 0.3) is 5.91 Å². The van der Waals surface area contributed by atoms with E-state index in [2.05, 4.69) is 17.2 Å². The first kappa shape index (κ1) is 17.2. The highest BCUT2D eigenvalue weighted by molar-refractivity contribution is 5.94. The zero-order chi connectivity index (χ0) is 15.7. The number of nitrogens with zero attached hydrogens (tertiary/aromatic N) is 1. The third kappa shape index (κ3) is 6.39. The Labute approximate surface area is 125 Å². The number of carbonyl (C=O) groups is 1. The predicted octanol–water partition coefficient (Wildman–Crippen LogP) is 1.24. The SMILES string of the molecule is CN(C)CCCNC(=O)c1ccc(C#CCCO)cc1F. The average molecular weight is 292 g/mol. The van der Waals surface area contributed by atoms with Gasteiger partial charge in [-0.05, 0) is 45.3 Å². The lowest BCUT2D eigenvalue weighted by Crippen LogP contribution is -2.27. The number of aliphatic hydroxyl groups is 1. The van der Waals surface area contributed by atoms with Crippen molar-refractivity contribution >= 4 is 5.91 Å². The Morgan fingerprint density at radius 2 is 2.19 bits per heavy atom. The summed E-state index contributed by atoms with van der Waals surface area (Å²) in [4.78, 5) is 13.9. The molecule has 0 spiro atoms. The largest absolute Gasteiger partial charge is 0.395 e. The molecule has 2 N–H and O–H groups in total. The van der Waals surface area contributed by atoms with Crippen molar-refractivity contribution in [2.24, 2.45) is 0 Å². The molecular formula is C16H21FN2O2. The monoisotopic (exact) mass is 292 g/mol. The average Bonchev–Trinajstić information content (AvgIpc) is 2.43. The molecule has 0 fully saturated rings. The van der Waals surface area contributed by atoms with Crippen LogP contribution in [-0.4, -0.2) is 49.7 Å². The normalized spacial score (nSPS) is 10.1. The summed E-state index contributed by atoms with van der Waals surface area (Å²) >= 11 is 0. The highest BCUT2D eigenvalue weighted by Gasteiger charge is 2.11. The Kier molecular flexibility index (Phi) is 7.44. The molecule has 0 atom stereocenters. The van der Waals surface area contributed by atoms with Gasteiger partial charge in [0.05, 0.1) is 12.2 Å². The first-order chi connectivity index (χ1) is 10.0. The molecule has 1 aromatic rings. The summed E-state index contributed by atoms with van der Waals surface area (Å²) in [5, 5.41) is 11.3. The van der Waals surface area contributed by atoms with E-state index in [1.807, 2.05) is 19.0 Å². The quantitative estimate of drug-likeness (QED) is 0.613. The summed E-state index contributed by atoms with van der Waals surface area (Å²) in [6, 6.07) is 4.26. The molecule has 0 bridgehead atoms. The first-order valence-corrected chi connectivity index (χ1v) is 6.87. The van der Waals surface area contributed by atoms with Gasteiger partial charge in [-0.25, -0.2) is 4.39 Å². The molecule has 0 aliphatic rings. The number of nitrogens with one attached hydrogen (secondary N) is 1. The van der Waals surface area contributed by atoms with Crippen molar-refractivity contribution in [3.63, 3.8) is 0 Å². The van der Waals surface area contributed by atoms with Gasteiger partial charge in [0, 0.05) is 18.5 Å². The minimum absolute atomic E-state index is 0.0209. The minimum atomic E-state index is -0.587. The van der Waals surface area contributed by atoms with E-state index in [1.165, 1.54) is 12.1 Å². The van der Waals surface area contributed by atoms with E-state index >= 15 is 0 Å². The Bertz CT molecular complexity index is 533. The number of hydrogen-bond acceptors (Lipinski definition) is 3. The van der Waals surface area contributed by atoms with Crippen LogP contribution in [0.1, 0.15) is 28.8 Å². The molecule has 5 heteroatoms. The minimum Gasteiger partial charge on any atom is -0.395 e. The van der Waals surface area contributed by atoms with Gasteiger partial charge in [-0.3, -0.25) is 4.79 Å². The number of halogens is 1. The molecule has 0 aliphatic heterocycles. The lowest BCUT2D eigenvalue weighted by atomic mass is 10.1. The first-order valence-electron chi connectivity index (χ1n) is 6.87. The maximum Gasteiger partial charge on any atom is 0.254 e. The van der Waals surface area contributed by atoms with Gasteiger partial charge < -0.3 is 15.3 Å². The second-order valence-electron chi connectivity index (χ2n) is 4.88. The summed E-state index contributed by atoms with van der Waals surface area (Å²) in [7, 11) is 3.91. The topological polar surface area (TPSA) is 52.6 Å². The lowest BCUT2D eigenvalue weighted by Gasteiger charge is -2.10. The highest BCUT2D eigenvalue weighted by Crippen LogP contribution is 2.10. The maximum absolute atomic E-state index is 13.9. The summed E-state index contributed by atoms with van der Waals surface area (Å²) < 4.78 is 13.9. The molecule has 0 saturated carbocycles. The number of rotatable bonds is 6. The zero-order valence-electron chi connectivity index (χ0n) is 12.4. The second kappa shape index (κ2) is 9.11. The zero-order valence-corrected chi connectivity index (χ0v) is 12.4. The van der Waals surface area contributed by atoms with Gasteiger partial charge >= 0.3 is 0 Å². The number of amides is 1. The number of benzene rings is 1. The standard InChI is InChI=1S/C16H21FN2O2/c1-19(2)10-5-9-18-16(21)14-8-7-13(12-15(14)17)6-3-4-11-20/h7-8,12,20H,4-5,9-11H2,1-2H3,(H,18,21). The van der Waals surface area contributed by atoms with E-state index in [1.54, 1.807) is 6.07 Å². The van der Waals surface area contributed by atoms with Crippen LogP contribution in [0.25, 0.3) is 0 Å². The summed E-state index contributed by atoms with van der Waals surface area (Å²) in [5.41, 5.74) is 0.512. The van der Waals surface area contributed by atoms with E-state index in [0.29, 0.717) is 18.5 Å². The molecule has 0 heterocycles. The van der Waals surface area contributed by atoms with Gasteiger partial charge in [-0.2, -0.15) is 0 Å². The Morgan fingerprint density at radius 3 is 2.81 bits per heavy atom. The van der Waals surface area contributed by atoms with E-state index in [-0.39, 0.29) is 12.2 Å². The summed E-state index contributed by atoms with van der Waals surface area (Å²) in [6.07, 6.45) is 1.15. The van der Waals surface area contributed by atoms with Gasteiger partial charge in [0.1, 0.15) is 5.82 Å². The number of carbonyl (C=O) groups excluding carboxylic acids is 1. The van der Waals surface area contributed by atoms with Crippen LogP contribution in [0.2, 0.25) is 0 Å². The third-order valence-corrected chi connectivity index (χ3v) is 2.75. The third-order valence-electron chi connectivity index (χ3n) is 2.75. The fourth-order valence-corrected chi connectivity index (χ4v) is 1.69. The van der Waals surface area contributed by atoms with E-state index in [0.717, 1.165) is 13.0 Å². The van der Waals surface area contributed by atoms with Crippen molar-refractivity contribution in [2.75, 3.05) is 33.8 Å². The van der Waals surface area contributed by atoms with Crippen molar-refractivity contribution in [1.82, 2.24) is 10.2 Å². The van der Waals surface area contributed by atoms with Gasteiger partial charge in [-0.1, -0.05) is 11.8 Å². The molecule has 0 unspecified atom stereocenters. The van der Waals surface area contributed by atoms with Gasteiger partial charge in [0.15, 0.2) is 0 Å². The van der Waals surface area contributed by atoms with Crippen LogP contribution < -0.4 is 5.32 Å². The summed E-state index contributed by atoms with van der Waals surface area (Å²) in [6.45, 7) is 1.35. The van der Waals surface area contributed by atoms with Crippen molar-refractivity contribution in [3.05, 3.63) is 35.1 Å². The molecule has 0 saturated heterocycles. The molecular weight excluding hydrogens is 271 g/mol. The fraction of sp³-hybridized carbons (Fsp3) is 0.438. The van der Waals surface area contributed by atoms with Crippen LogP contribution in [0.3, 0.4) is 0 Å². The van der Waals surface area contributed by atoms with Crippen LogP contribution in [0.4, 0.5) is 4.39 Å². The van der Waals surface area contributed by atoms with Crippen molar-refractivity contribution in [3.8, 4) is 11.8 Å². The van der Waals surface area contributed by atoms with Crippen LogP contribution in [0.5, 0.6) is 0 Å². The Morgan fingerprint density at radius 1 is 1.43 bits per heavy atom. The van der Waals surface area contributed by atoms with Gasteiger partial charge in [0.2, 0.25) is 0 Å². The smallest absolute Gasteiger partial charge is 0.254 e. The Balaban J connectivity index is 2.59. The van der Waals surface area contributed by atoms with Gasteiger partial charge in [-0.15, -0.1) is 0 Å². The molecule has 114 valence electrons. The van der Waals surface area contributed by atoms with Crippen LogP contribution >= 0.6 is 0 Å². The highest BCUT2D eigenvalue weighted by atomic mass is 19.1. The van der Waals surface area contributed by atoms with Crippen LogP contribution in [-0.2, 0) is 0 Å². The van der Waals surface area contributed by atoms with Crippen LogP contribution in [0.15, 0.2) is 18.2 Å². The fourth-order valence-electron chi connectivity index (χ4n) is 1.69. The number of hydrogen-bond donors (Lipinski definition) is 2. The molecule has 0 radical (unpaired) electrons. The van der Waals surface area contributed by atoms with E-state index < -0.39 is 11.7 Å². The molecule has 0 aliphatic carbocycles. The molecule has 4 nitrogen and oxygen atoms in total. The molecule has 1 rings (SSSR count). The molecule has 1 amide bonds. The van der Waals surface area contributed by atoms with Crippen molar-refractivity contribution < 1.29 is 14.3 Å². The summed E-state index contributed by atoms with van der Waals surface area (Å²) in [5.74, 6) is 4.44. The molecule has 0 aromatic heterocycles. The Hall–Kier alpha value is -1.90. The van der Waals surface area contributed by atoms with E-state index in [4.69, 9.17) is 5.11 Å². The van der Waals surface area contributed by atoms with Crippen LogP contribution in [0, 0.1) is 17.7 Å². The second-order valence-corrected chi connectivity index (χ2v) is 4.88.